The van der Waals surface area contributed by atoms with Crippen molar-refractivity contribution >= 4 is 0 Å². The van der Waals surface area contributed by atoms with Crippen LogP contribution in [0.25, 0.3) is 11.1 Å². The van der Waals surface area contributed by atoms with Crippen molar-refractivity contribution in [2.24, 2.45) is 0 Å². The number of rotatable bonds is 4. The first-order valence-electron chi connectivity index (χ1n) is 10.5. The molecule has 0 saturated heterocycles. The topological polar surface area (TPSA) is 0 Å². The summed E-state index contributed by atoms with van der Waals surface area (Å²) in [6, 6.07) is 36.1. The molecule has 1 aliphatic carbocycles. The van der Waals surface area contributed by atoms with Crippen LogP contribution >= 0.6 is 0 Å². The Bertz CT molecular complexity index is 1090. The van der Waals surface area contributed by atoms with Gasteiger partial charge in [0.1, 0.15) is 0 Å². The highest BCUT2D eigenvalue weighted by atomic mass is 14.4. The lowest BCUT2D eigenvalue weighted by Crippen LogP contribution is -2.31. The van der Waals surface area contributed by atoms with Gasteiger partial charge in [0.15, 0.2) is 0 Å². The van der Waals surface area contributed by atoms with E-state index in [1.54, 1.807) is 0 Å². The molecule has 5 rings (SSSR count). The van der Waals surface area contributed by atoms with Gasteiger partial charge in [-0.05, 0) is 60.1 Å². The van der Waals surface area contributed by atoms with Gasteiger partial charge in [0.25, 0.3) is 0 Å². The second-order valence-electron chi connectivity index (χ2n) is 8.50. The van der Waals surface area contributed by atoms with E-state index in [0.717, 1.165) is 12.8 Å². The van der Waals surface area contributed by atoms with E-state index in [-0.39, 0.29) is 5.41 Å². The zero-order valence-corrected chi connectivity index (χ0v) is 17.2. The second-order valence-corrected chi connectivity index (χ2v) is 8.50. The summed E-state index contributed by atoms with van der Waals surface area (Å²) in [6.45, 7) is 4.38. The van der Waals surface area contributed by atoms with Crippen molar-refractivity contribution in [2.75, 3.05) is 0 Å². The Labute approximate surface area is 173 Å². The smallest absolute Gasteiger partial charge is 0.0295 e. The van der Waals surface area contributed by atoms with Gasteiger partial charge in [0.05, 0.1) is 0 Å². The van der Waals surface area contributed by atoms with E-state index < -0.39 is 0 Å². The van der Waals surface area contributed by atoms with E-state index in [1.807, 2.05) is 0 Å². The van der Waals surface area contributed by atoms with E-state index in [0.29, 0.717) is 0 Å². The number of fused-ring (bicyclic) bond motifs is 3. The maximum absolute atomic E-state index is 2.35. The fourth-order valence-corrected chi connectivity index (χ4v) is 5.20. The van der Waals surface area contributed by atoms with Gasteiger partial charge < -0.3 is 0 Å². The van der Waals surface area contributed by atoms with Crippen LogP contribution in [-0.4, -0.2) is 0 Å². The molecule has 0 bridgehead atoms. The minimum absolute atomic E-state index is 0.0469. The fourth-order valence-electron chi connectivity index (χ4n) is 5.20. The van der Waals surface area contributed by atoms with Crippen LogP contribution < -0.4 is 0 Å². The molecule has 0 amide bonds. The van der Waals surface area contributed by atoms with E-state index in [4.69, 9.17) is 0 Å². The average Bonchev–Trinajstić information content (AvgIpc) is 2.99. The molecule has 4 aromatic rings. The molecule has 0 aromatic heterocycles. The molecule has 0 nitrogen and oxygen atoms in total. The van der Waals surface area contributed by atoms with Gasteiger partial charge in [0, 0.05) is 5.41 Å². The third-order valence-corrected chi connectivity index (χ3v) is 6.35. The molecule has 0 fully saturated rings. The Kier molecular flexibility index (Phi) is 4.36. The van der Waals surface area contributed by atoms with Gasteiger partial charge in [0.2, 0.25) is 0 Å². The van der Waals surface area contributed by atoms with E-state index in [9.17, 15) is 0 Å². The van der Waals surface area contributed by atoms with Crippen molar-refractivity contribution in [2.45, 2.75) is 32.1 Å². The first-order valence-corrected chi connectivity index (χ1v) is 10.5. The quantitative estimate of drug-likeness (QED) is 0.359. The molecule has 0 spiro atoms. The second kappa shape index (κ2) is 7.04. The monoisotopic (exact) mass is 374 g/mol. The predicted molar refractivity (Wildman–Crippen MR) is 122 cm³/mol. The van der Waals surface area contributed by atoms with Crippen LogP contribution in [0, 0.1) is 13.8 Å². The summed E-state index contributed by atoms with van der Waals surface area (Å²) in [5, 5.41) is 0. The summed E-state index contributed by atoms with van der Waals surface area (Å²) in [7, 11) is 0. The highest BCUT2D eigenvalue weighted by Crippen LogP contribution is 2.52. The summed E-state index contributed by atoms with van der Waals surface area (Å²) in [4.78, 5) is 0. The van der Waals surface area contributed by atoms with Crippen LogP contribution in [0.5, 0.6) is 0 Å². The van der Waals surface area contributed by atoms with Crippen molar-refractivity contribution < 1.29 is 0 Å². The summed E-state index contributed by atoms with van der Waals surface area (Å²) >= 11 is 0. The molecule has 0 heteroatoms. The Morgan fingerprint density at radius 1 is 0.517 bits per heavy atom. The van der Waals surface area contributed by atoms with Gasteiger partial charge in [-0.15, -0.1) is 0 Å². The normalized spacial score (nSPS) is 13.7. The molecule has 0 N–H and O–H groups in total. The van der Waals surface area contributed by atoms with Crippen LogP contribution in [0.2, 0.25) is 0 Å². The molecular formula is C29H26. The predicted octanol–water partition coefficient (Wildman–Crippen LogP) is 7.06. The first-order chi connectivity index (χ1) is 14.2. The Hall–Kier alpha value is -3.12. The molecule has 0 radical (unpaired) electrons. The third-order valence-electron chi connectivity index (χ3n) is 6.35. The highest BCUT2D eigenvalue weighted by molar-refractivity contribution is 5.81. The summed E-state index contributed by atoms with van der Waals surface area (Å²) in [6.07, 6.45) is 2.02. The summed E-state index contributed by atoms with van der Waals surface area (Å²) in [5.74, 6) is 0. The number of aryl methyl sites for hydroxylation is 2. The zero-order valence-electron chi connectivity index (χ0n) is 17.2. The molecule has 0 saturated carbocycles. The van der Waals surface area contributed by atoms with Gasteiger partial charge >= 0.3 is 0 Å². The molecule has 4 aromatic carbocycles. The third kappa shape index (κ3) is 3.09. The maximum atomic E-state index is 2.35. The maximum Gasteiger partial charge on any atom is 0.0295 e. The fraction of sp³-hybridized carbons (Fsp3) is 0.172. The minimum Gasteiger partial charge on any atom is -0.0619 e. The number of benzene rings is 4. The molecule has 142 valence electrons. The Morgan fingerprint density at radius 3 is 1.41 bits per heavy atom. The summed E-state index contributed by atoms with van der Waals surface area (Å²) < 4.78 is 0. The molecule has 0 unspecified atom stereocenters. The minimum atomic E-state index is -0.0469. The standard InChI is InChI=1S/C29H26/c1-21-9-7-11-23(17-21)19-29(20-24-12-8-10-22(2)18-24)27-15-5-3-13-25(27)26-14-4-6-16-28(26)29/h3-18H,19-20H2,1-2H3. The van der Waals surface area contributed by atoms with Crippen molar-refractivity contribution in [3.05, 3.63) is 130 Å². The molecule has 0 aliphatic heterocycles. The van der Waals surface area contributed by atoms with E-state index in [1.165, 1.54) is 44.5 Å². The van der Waals surface area contributed by atoms with Crippen LogP contribution in [-0.2, 0) is 18.3 Å². The van der Waals surface area contributed by atoms with Crippen molar-refractivity contribution in [1.82, 2.24) is 0 Å². The average molecular weight is 375 g/mol. The lowest BCUT2D eigenvalue weighted by atomic mass is 9.69. The number of hydrogen-bond donors (Lipinski definition) is 0. The molecule has 1 aliphatic rings. The van der Waals surface area contributed by atoms with Crippen molar-refractivity contribution in [3.63, 3.8) is 0 Å². The highest BCUT2D eigenvalue weighted by Gasteiger charge is 2.42. The zero-order chi connectivity index (χ0) is 19.8. The number of hydrogen-bond acceptors (Lipinski definition) is 0. The van der Waals surface area contributed by atoms with E-state index in [2.05, 4.69) is 111 Å². The van der Waals surface area contributed by atoms with E-state index >= 15 is 0 Å². The molecule has 0 atom stereocenters. The molecule has 29 heavy (non-hydrogen) atoms. The van der Waals surface area contributed by atoms with Crippen LogP contribution in [0.3, 0.4) is 0 Å². The Morgan fingerprint density at radius 2 is 0.966 bits per heavy atom. The summed E-state index contributed by atoms with van der Waals surface area (Å²) in [5.41, 5.74) is 11.1. The van der Waals surface area contributed by atoms with Crippen molar-refractivity contribution in [1.29, 1.82) is 0 Å². The largest absolute Gasteiger partial charge is 0.0619 e. The van der Waals surface area contributed by atoms with Gasteiger partial charge in [-0.25, -0.2) is 0 Å². The lowest BCUT2D eigenvalue weighted by molar-refractivity contribution is 0.519. The van der Waals surface area contributed by atoms with Gasteiger partial charge in [-0.1, -0.05) is 108 Å². The molecular weight excluding hydrogens is 348 g/mol. The van der Waals surface area contributed by atoms with Crippen LogP contribution in [0.4, 0.5) is 0 Å². The van der Waals surface area contributed by atoms with Gasteiger partial charge in [-0.2, -0.15) is 0 Å². The first kappa shape index (κ1) is 17.9. The van der Waals surface area contributed by atoms with Crippen molar-refractivity contribution in [3.8, 4) is 11.1 Å². The Balaban J connectivity index is 1.74. The van der Waals surface area contributed by atoms with Crippen LogP contribution in [0.1, 0.15) is 33.4 Å². The lowest BCUT2D eigenvalue weighted by Gasteiger charge is -2.33. The molecule has 0 heterocycles. The van der Waals surface area contributed by atoms with Crippen LogP contribution in [0.15, 0.2) is 97.1 Å². The SMILES string of the molecule is Cc1cccc(CC2(Cc3cccc(C)c3)c3ccccc3-c3ccccc32)c1. The van der Waals surface area contributed by atoms with Gasteiger partial charge in [-0.3, -0.25) is 0 Å².